The molecule has 1 aromatic rings. The monoisotopic (exact) mass is 208 g/mol. The number of aliphatic hydroxyl groups is 1. The normalized spacial score (nSPS) is 13.1. The molecule has 3 heteroatoms. The third kappa shape index (κ3) is 4.40. The van der Waals surface area contributed by atoms with Gasteiger partial charge in [-0.05, 0) is 25.1 Å². The van der Waals surface area contributed by atoms with Gasteiger partial charge in [-0.1, -0.05) is 19.9 Å². The van der Waals surface area contributed by atoms with E-state index in [0.717, 1.165) is 31.7 Å². The van der Waals surface area contributed by atoms with Crippen molar-refractivity contribution in [2.75, 3.05) is 13.1 Å². The Hall–Kier alpha value is -0.930. The van der Waals surface area contributed by atoms with E-state index in [-0.39, 0.29) is 6.10 Å². The predicted molar refractivity (Wildman–Crippen MR) is 61.5 cm³/mol. The molecule has 0 aromatic carbocycles. The highest BCUT2D eigenvalue weighted by Gasteiger charge is 2.09. The van der Waals surface area contributed by atoms with Crippen LogP contribution in [0, 0.1) is 0 Å². The fourth-order valence-corrected chi connectivity index (χ4v) is 1.45. The number of aromatic nitrogens is 1. The van der Waals surface area contributed by atoms with Crippen LogP contribution in [0.15, 0.2) is 24.4 Å². The fraction of sp³-hybridized carbons (Fsp3) is 0.583. The van der Waals surface area contributed by atoms with Gasteiger partial charge >= 0.3 is 0 Å². The molecule has 0 spiro atoms. The van der Waals surface area contributed by atoms with Gasteiger partial charge in [0.2, 0.25) is 0 Å². The largest absolute Gasteiger partial charge is 0.392 e. The fourth-order valence-electron chi connectivity index (χ4n) is 1.45. The molecule has 84 valence electrons. The average Bonchev–Trinajstić information content (AvgIpc) is 2.29. The van der Waals surface area contributed by atoms with Crippen molar-refractivity contribution in [3.05, 3.63) is 30.1 Å². The third-order valence-corrected chi connectivity index (χ3v) is 2.50. The zero-order valence-corrected chi connectivity index (χ0v) is 9.56. The van der Waals surface area contributed by atoms with Crippen LogP contribution in [0.25, 0.3) is 0 Å². The van der Waals surface area contributed by atoms with Gasteiger partial charge in [0, 0.05) is 19.3 Å². The van der Waals surface area contributed by atoms with Gasteiger partial charge in [0.25, 0.3) is 0 Å². The number of hydrogen-bond acceptors (Lipinski definition) is 3. The molecule has 0 aliphatic rings. The van der Waals surface area contributed by atoms with E-state index < -0.39 is 0 Å². The van der Waals surface area contributed by atoms with Crippen LogP contribution in [0.1, 0.15) is 26.0 Å². The number of hydrogen-bond donors (Lipinski definition) is 1. The molecule has 0 bridgehead atoms. The number of aliphatic hydroxyl groups excluding tert-OH is 1. The first kappa shape index (κ1) is 12.1. The maximum absolute atomic E-state index is 9.58. The Morgan fingerprint density at radius 2 is 2.20 bits per heavy atom. The van der Waals surface area contributed by atoms with Crippen molar-refractivity contribution in [1.29, 1.82) is 0 Å². The Kier molecular flexibility index (Phi) is 5.29. The molecule has 15 heavy (non-hydrogen) atoms. The second kappa shape index (κ2) is 6.53. The lowest BCUT2D eigenvalue weighted by atomic mass is 10.2. The molecule has 0 saturated heterocycles. The van der Waals surface area contributed by atoms with Crippen LogP contribution in [0.2, 0.25) is 0 Å². The summed E-state index contributed by atoms with van der Waals surface area (Å²) in [5, 5.41) is 9.58. The van der Waals surface area contributed by atoms with Gasteiger partial charge in [-0.15, -0.1) is 0 Å². The van der Waals surface area contributed by atoms with E-state index >= 15 is 0 Å². The molecule has 1 atom stereocenters. The molecule has 1 aromatic heterocycles. The van der Waals surface area contributed by atoms with Crippen molar-refractivity contribution in [3.8, 4) is 0 Å². The van der Waals surface area contributed by atoms with Crippen LogP contribution in [-0.2, 0) is 6.54 Å². The SMILES string of the molecule is CCC(O)CN(CC)Cc1ccccn1. The van der Waals surface area contributed by atoms with Crippen LogP contribution >= 0.6 is 0 Å². The van der Waals surface area contributed by atoms with Gasteiger partial charge in [-0.25, -0.2) is 0 Å². The molecule has 0 aliphatic carbocycles. The predicted octanol–water partition coefficient (Wildman–Crippen LogP) is 1.67. The Morgan fingerprint density at radius 3 is 2.73 bits per heavy atom. The van der Waals surface area contributed by atoms with Crippen molar-refractivity contribution in [2.45, 2.75) is 32.9 Å². The summed E-state index contributed by atoms with van der Waals surface area (Å²) in [6, 6.07) is 5.92. The van der Waals surface area contributed by atoms with Gasteiger partial charge in [-0.3, -0.25) is 9.88 Å². The minimum Gasteiger partial charge on any atom is -0.392 e. The summed E-state index contributed by atoms with van der Waals surface area (Å²) in [5.41, 5.74) is 1.06. The van der Waals surface area contributed by atoms with Crippen LogP contribution in [0.5, 0.6) is 0 Å². The first-order valence-electron chi connectivity index (χ1n) is 5.56. The molecule has 0 radical (unpaired) electrons. The summed E-state index contributed by atoms with van der Waals surface area (Å²) in [4.78, 5) is 6.48. The number of rotatable bonds is 6. The highest BCUT2D eigenvalue weighted by Crippen LogP contribution is 2.03. The van der Waals surface area contributed by atoms with Gasteiger partial charge in [0.15, 0.2) is 0 Å². The van der Waals surface area contributed by atoms with Crippen LogP contribution in [-0.4, -0.2) is 34.2 Å². The van der Waals surface area contributed by atoms with E-state index in [1.165, 1.54) is 0 Å². The van der Waals surface area contributed by atoms with Crippen molar-refractivity contribution in [2.24, 2.45) is 0 Å². The molecule has 1 heterocycles. The van der Waals surface area contributed by atoms with E-state index in [0.29, 0.717) is 0 Å². The van der Waals surface area contributed by atoms with E-state index in [1.54, 1.807) is 6.20 Å². The smallest absolute Gasteiger partial charge is 0.0664 e. The van der Waals surface area contributed by atoms with Crippen molar-refractivity contribution >= 4 is 0 Å². The molecule has 0 amide bonds. The third-order valence-electron chi connectivity index (χ3n) is 2.50. The molecule has 1 N–H and O–H groups in total. The second-order valence-electron chi connectivity index (χ2n) is 3.71. The number of nitrogens with zero attached hydrogens (tertiary/aromatic N) is 2. The number of likely N-dealkylation sites (N-methyl/N-ethyl adjacent to an activating group) is 1. The minimum atomic E-state index is -0.228. The molecular weight excluding hydrogens is 188 g/mol. The van der Waals surface area contributed by atoms with E-state index in [4.69, 9.17) is 0 Å². The second-order valence-corrected chi connectivity index (χ2v) is 3.71. The Bertz CT molecular complexity index is 264. The van der Waals surface area contributed by atoms with E-state index in [2.05, 4.69) is 16.8 Å². The van der Waals surface area contributed by atoms with Crippen LogP contribution in [0.3, 0.4) is 0 Å². The lowest BCUT2D eigenvalue weighted by Crippen LogP contribution is -2.31. The summed E-state index contributed by atoms with van der Waals surface area (Å²) in [6.07, 6.45) is 2.38. The summed E-state index contributed by atoms with van der Waals surface area (Å²) in [6.45, 7) is 6.58. The molecule has 0 saturated carbocycles. The molecular formula is C12H20N2O. The number of pyridine rings is 1. The van der Waals surface area contributed by atoms with Gasteiger partial charge in [-0.2, -0.15) is 0 Å². The topological polar surface area (TPSA) is 36.4 Å². The lowest BCUT2D eigenvalue weighted by molar-refractivity contribution is 0.108. The van der Waals surface area contributed by atoms with Crippen LogP contribution in [0.4, 0.5) is 0 Å². The Balaban J connectivity index is 2.47. The maximum atomic E-state index is 9.58. The average molecular weight is 208 g/mol. The highest BCUT2D eigenvalue weighted by molar-refractivity contribution is 5.03. The Morgan fingerprint density at radius 1 is 1.40 bits per heavy atom. The van der Waals surface area contributed by atoms with Crippen LogP contribution < -0.4 is 0 Å². The lowest BCUT2D eigenvalue weighted by Gasteiger charge is -2.22. The van der Waals surface area contributed by atoms with Gasteiger partial charge in [0.05, 0.1) is 11.8 Å². The van der Waals surface area contributed by atoms with Gasteiger partial charge < -0.3 is 5.11 Å². The first-order chi connectivity index (χ1) is 7.26. The summed E-state index contributed by atoms with van der Waals surface area (Å²) >= 11 is 0. The summed E-state index contributed by atoms with van der Waals surface area (Å²) < 4.78 is 0. The molecule has 0 aliphatic heterocycles. The first-order valence-corrected chi connectivity index (χ1v) is 5.56. The molecule has 0 fully saturated rings. The zero-order chi connectivity index (χ0) is 11.1. The van der Waals surface area contributed by atoms with E-state index in [1.807, 2.05) is 25.1 Å². The highest BCUT2D eigenvalue weighted by atomic mass is 16.3. The van der Waals surface area contributed by atoms with Crippen molar-refractivity contribution in [3.63, 3.8) is 0 Å². The van der Waals surface area contributed by atoms with E-state index in [9.17, 15) is 5.11 Å². The standard InChI is InChI=1S/C12H20N2O/c1-3-12(15)10-14(4-2)9-11-7-5-6-8-13-11/h5-8,12,15H,3-4,9-10H2,1-2H3. The molecule has 1 rings (SSSR count). The molecule has 3 nitrogen and oxygen atoms in total. The van der Waals surface area contributed by atoms with Gasteiger partial charge in [0.1, 0.15) is 0 Å². The Labute approximate surface area is 91.8 Å². The quantitative estimate of drug-likeness (QED) is 0.772. The minimum absolute atomic E-state index is 0.228. The summed E-state index contributed by atoms with van der Waals surface area (Å²) in [7, 11) is 0. The van der Waals surface area contributed by atoms with Crippen molar-refractivity contribution < 1.29 is 5.11 Å². The summed E-state index contributed by atoms with van der Waals surface area (Å²) in [5.74, 6) is 0. The van der Waals surface area contributed by atoms with Crippen molar-refractivity contribution in [1.82, 2.24) is 9.88 Å². The zero-order valence-electron chi connectivity index (χ0n) is 9.56. The maximum Gasteiger partial charge on any atom is 0.0664 e. The molecule has 1 unspecified atom stereocenters.